The van der Waals surface area contributed by atoms with Crippen LogP contribution in [0.3, 0.4) is 0 Å². The lowest BCUT2D eigenvalue weighted by Crippen LogP contribution is -2.46. The number of rotatable bonds is 7. The minimum Gasteiger partial charge on any atom is -0.475 e. The zero-order valence-corrected chi connectivity index (χ0v) is 16.1. The second kappa shape index (κ2) is 8.22. The van der Waals surface area contributed by atoms with E-state index in [4.69, 9.17) is 9.52 Å². The smallest absolute Gasteiger partial charge is 0.371 e. The van der Waals surface area contributed by atoms with Crippen LogP contribution in [0.4, 0.5) is 0 Å². The molecule has 1 atom stereocenters. The van der Waals surface area contributed by atoms with E-state index in [2.05, 4.69) is 19.2 Å². The predicted octanol–water partition coefficient (Wildman–Crippen LogP) is 1.93. The Labute approximate surface area is 153 Å². The van der Waals surface area contributed by atoms with Crippen molar-refractivity contribution in [1.82, 2.24) is 9.62 Å². The maximum absolute atomic E-state index is 12.6. The van der Waals surface area contributed by atoms with Gasteiger partial charge in [-0.2, -0.15) is 4.31 Å². The van der Waals surface area contributed by atoms with Crippen molar-refractivity contribution in [3.05, 3.63) is 17.9 Å². The molecule has 0 aromatic carbocycles. The van der Waals surface area contributed by atoms with Gasteiger partial charge in [0.2, 0.25) is 16.8 Å². The first-order chi connectivity index (χ1) is 12.2. The zero-order valence-electron chi connectivity index (χ0n) is 15.3. The van der Waals surface area contributed by atoms with Crippen LogP contribution in [0, 0.1) is 11.8 Å². The highest BCUT2D eigenvalue weighted by molar-refractivity contribution is 7.89. The second-order valence-corrected chi connectivity index (χ2v) is 8.74. The molecule has 8 nitrogen and oxygen atoms in total. The molecule has 1 aliphatic heterocycles. The number of amides is 1. The molecule has 2 N–H and O–H groups in total. The number of hydrogen-bond donors (Lipinski definition) is 2. The van der Waals surface area contributed by atoms with Crippen LogP contribution in [0.1, 0.15) is 50.6 Å². The number of nitrogens with one attached hydrogen (secondary N) is 1. The molecule has 0 radical (unpaired) electrons. The van der Waals surface area contributed by atoms with Crippen molar-refractivity contribution in [3.8, 4) is 0 Å². The standard InChI is InChI=1S/C17H26N2O6S/c1-4-13(11(2)3)18-16(20)12-7-9-19(10-8-12)26(23,24)15-6-5-14(25-15)17(21)22/h5-6,11-13H,4,7-10H2,1-3H3,(H,18,20)(H,21,22). The van der Waals surface area contributed by atoms with Gasteiger partial charge in [-0.05, 0) is 37.3 Å². The highest BCUT2D eigenvalue weighted by Crippen LogP contribution is 2.25. The predicted molar refractivity (Wildman–Crippen MR) is 94.2 cm³/mol. The molecule has 9 heteroatoms. The van der Waals surface area contributed by atoms with Gasteiger partial charge in [-0.1, -0.05) is 20.8 Å². The summed E-state index contributed by atoms with van der Waals surface area (Å²) < 4.78 is 31.3. The van der Waals surface area contributed by atoms with Gasteiger partial charge in [0.05, 0.1) is 0 Å². The maximum atomic E-state index is 12.6. The van der Waals surface area contributed by atoms with E-state index in [1.54, 1.807) is 0 Å². The van der Waals surface area contributed by atoms with E-state index < -0.39 is 21.8 Å². The summed E-state index contributed by atoms with van der Waals surface area (Å²) in [4.78, 5) is 23.3. The average Bonchev–Trinajstić information content (AvgIpc) is 3.10. The molecule has 1 amide bonds. The Morgan fingerprint density at radius 2 is 1.92 bits per heavy atom. The quantitative estimate of drug-likeness (QED) is 0.739. The lowest BCUT2D eigenvalue weighted by molar-refractivity contribution is -0.127. The summed E-state index contributed by atoms with van der Waals surface area (Å²) in [5.74, 6) is -1.66. The van der Waals surface area contributed by atoms with E-state index in [-0.39, 0.29) is 36.0 Å². The van der Waals surface area contributed by atoms with E-state index in [1.807, 2.05) is 6.92 Å². The van der Waals surface area contributed by atoms with Gasteiger partial charge in [-0.25, -0.2) is 13.2 Å². The third-order valence-electron chi connectivity index (χ3n) is 4.78. The molecule has 1 fully saturated rings. The van der Waals surface area contributed by atoms with Crippen molar-refractivity contribution < 1.29 is 27.5 Å². The first-order valence-electron chi connectivity index (χ1n) is 8.80. The maximum Gasteiger partial charge on any atom is 0.371 e. The van der Waals surface area contributed by atoms with Gasteiger partial charge < -0.3 is 14.8 Å². The van der Waals surface area contributed by atoms with E-state index in [0.717, 1.165) is 18.6 Å². The lowest BCUT2D eigenvalue weighted by atomic mass is 9.95. The molecule has 26 heavy (non-hydrogen) atoms. The number of carbonyl (C=O) groups excluding carboxylic acids is 1. The SMILES string of the molecule is CCC(NC(=O)C1CCN(S(=O)(=O)c2ccc(C(=O)O)o2)CC1)C(C)C. The molecule has 1 saturated heterocycles. The summed E-state index contributed by atoms with van der Waals surface area (Å²) in [5.41, 5.74) is 0. The van der Waals surface area contributed by atoms with Gasteiger partial charge >= 0.3 is 5.97 Å². The Bertz CT molecular complexity index is 747. The van der Waals surface area contributed by atoms with Gasteiger partial charge in [-0.15, -0.1) is 0 Å². The molecule has 0 spiro atoms. The van der Waals surface area contributed by atoms with Crippen LogP contribution in [0.25, 0.3) is 0 Å². The Morgan fingerprint density at radius 1 is 1.31 bits per heavy atom. The summed E-state index contributed by atoms with van der Waals surface area (Å²) in [6.07, 6.45) is 1.69. The largest absolute Gasteiger partial charge is 0.475 e. The minimum atomic E-state index is -3.89. The Balaban J connectivity index is 1.98. The van der Waals surface area contributed by atoms with Crippen LogP contribution in [-0.4, -0.2) is 48.8 Å². The van der Waals surface area contributed by atoms with E-state index in [1.165, 1.54) is 4.31 Å². The molecule has 146 valence electrons. The monoisotopic (exact) mass is 386 g/mol. The molecule has 0 bridgehead atoms. The number of sulfonamides is 1. The van der Waals surface area contributed by atoms with Gasteiger partial charge in [-0.3, -0.25) is 4.79 Å². The summed E-state index contributed by atoms with van der Waals surface area (Å²) in [7, 11) is -3.89. The van der Waals surface area contributed by atoms with Gasteiger partial charge in [0.1, 0.15) is 0 Å². The normalized spacial score (nSPS) is 18.0. The highest BCUT2D eigenvalue weighted by atomic mass is 32.2. The fraction of sp³-hybridized carbons (Fsp3) is 0.647. The fourth-order valence-electron chi connectivity index (χ4n) is 3.10. The second-order valence-electron chi connectivity index (χ2n) is 6.87. The van der Waals surface area contributed by atoms with Crippen molar-refractivity contribution in [2.75, 3.05) is 13.1 Å². The van der Waals surface area contributed by atoms with Gasteiger partial charge in [0, 0.05) is 25.0 Å². The van der Waals surface area contributed by atoms with E-state index >= 15 is 0 Å². The first-order valence-corrected chi connectivity index (χ1v) is 10.2. The molecule has 0 saturated carbocycles. The fourth-order valence-corrected chi connectivity index (χ4v) is 4.48. The number of carbonyl (C=O) groups is 2. The molecular formula is C17H26N2O6S. The highest BCUT2D eigenvalue weighted by Gasteiger charge is 2.34. The summed E-state index contributed by atoms with van der Waals surface area (Å²) in [6.45, 7) is 6.52. The third-order valence-corrected chi connectivity index (χ3v) is 6.56. The first kappa shape index (κ1) is 20.4. The number of piperidine rings is 1. The van der Waals surface area contributed by atoms with Crippen LogP contribution < -0.4 is 5.32 Å². The Morgan fingerprint density at radius 3 is 2.38 bits per heavy atom. The number of hydrogen-bond acceptors (Lipinski definition) is 5. The molecule has 2 rings (SSSR count). The molecule has 1 aromatic heterocycles. The minimum absolute atomic E-state index is 0.0336. The lowest BCUT2D eigenvalue weighted by Gasteiger charge is -2.31. The Hall–Kier alpha value is -1.87. The van der Waals surface area contributed by atoms with Crippen LogP contribution in [-0.2, 0) is 14.8 Å². The van der Waals surface area contributed by atoms with Crippen molar-refractivity contribution in [2.24, 2.45) is 11.8 Å². The average molecular weight is 386 g/mol. The van der Waals surface area contributed by atoms with Crippen molar-refractivity contribution in [2.45, 2.75) is 51.2 Å². The number of aromatic carboxylic acids is 1. The number of carboxylic acid groups (broad SMARTS) is 1. The molecule has 1 aliphatic rings. The molecule has 1 aromatic rings. The number of carboxylic acids is 1. The number of furan rings is 1. The van der Waals surface area contributed by atoms with Crippen LogP contribution in [0.2, 0.25) is 0 Å². The van der Waals surface area contributed by atoms with Gasteiger partial charge in [0.25, 0.3) is 10.0 Å². The van der Waals surface area contributed by atoms with Crippen molar-refractivity contribution >= 4 is 21.9 Å². The molecule has 0 aliphatic carbocycles. The Kier molecular flexibility index (Phi) is 6.46. The van der Waals surface area contributed by atoms with Gasteiger partial charge in [0.15, 0.2) is 0 Å². The summed E-state index contributed by atoms with van der Waals surface area (Å²) in [6, 6.07) is 2.37. The van der Waals surface area contributed by atoms with Crippen LogP contribution in [0.15, 0.2) is 21.6 Å². The van der Waals surface area contributed by atoms with Crippen LogP contribution >= 0.6 is 0 Å². The van der Waals surface area contributed by atoms with Crippen LogP contribution in [0.5, 0.6) is 0 Å². The summed E-state index contributed by atoms with van der Waals surface area (Å²) in [5, 5.41) is 11.5. The number of nitrogens with zero attached hydrogens (tertiary/aromatic N) is 1. The van der Waals surface area contributed by atoms with Crippen molar-refractivity contribution in [1.29, 1.82) is 0 Å². The summed E-state index contributed by atoms with van der Waals surface area (Å²) >= 11 is 0. The van der Waals surface area contributed by atoms with Crippen molar-refractivity contribution in [3.63, 3.8) is 0 Å². The topological polar surface area (TPSA) is 117 Å². The molecule has 1 unspecified atom stereocenters. The van der Waals surface area contributed by atoms with E-state index in [0.29, 0.717) is 18.8 Å². The van der Waals surface area contributed by atoms with E-state index in [9.17, 15) is 18.0 Å². The molecular weight excluding hydrogens is 360 g/mol. The zero-order chi connectivity index (χ0) is 19.5. The molecule has 2 heterocycles. The third kappa shape index (κ3) is 4.45.